The maximum Gasteiger partial charge on any atom is 0.407 e. The molecule has 0 bridgehead atoms. The number of benzene rings is 2. The summed E-state index contributed by atoms with van der Waals surface area (Å²) in [6.07, 6.45) is 1.60. The first-order valence-electron chi connectivity index (χ1n) is 11.5. The van der Waals surface area contributed by atoms with Gasteiger partial charge in [-0.05, 0) is 36.8 Å². The Hall–Kier alpha value is -3.43. The van der Waals surface area contributed by atoms with E-state index in [0.29, 0.717) is 32.4 Å². The fraction of sp³-hybridized carbons (Fsp3) is 0.400. The number of nitrogens with zero attached hydrogens (tertiary/aromatic N) is 1. The molecule has 0 saturated carbocycles. The van der Waals surface area contributed by atoms with Gasteiger partial charge in [0.1, 0.15) is 19.3 Å². The second kappa shape index (κ2) is 13.3. The lowest BCUT2D eigenvalue weighted by molar-refractivity contribution is -0.199. The van der Waals surface area contributed by atoms with Gasteiger partial charge in [0.25, 0.3) is 5.91 Å². The predicted molar refractivity (Wildman–Crippen MR) is 126 cm³/mol. The zero-order chi connectivity index (χ0) is 24.2. The third kappa shape index (κ3) is 8.17. The molecule has 9 heteroatoms. The minimum Gasteiger partial charge on any atom is -0.445 e. The predicted octanol–water partition coefficient (Wildman–Crippen LogP) is 2.26. The van der Waals surface area contributed by atoms with Crippen LogP contribution in [0.15, 0.2) is 60.7 Å². The molecule has 4 N–H and O–H groups in total. The number of hydrogen-bond acceptors (Lipinski definition) is 6. The lowest BCUT2D eigenvalue weighted by atomic mass is 10.0. The Morgan fingerprint density at radius 2 is 1.68 bits per heavy atom. The number of amides is 3. The number of carbonyl (C=O) groups excluding carboxylic acids is 3. The number of nitrogens with one attached hydrogen (secondary N) is 2. The average molecular weight is 469 g/mol. The number of nitrogens with two attached hydrogens (primary N) is 1. The monoisotopic (exact) mass is 468 g/mol. The molecule has 2 atom stereocenters. The highest BCUT2D eigenvalue weighted by molar-refractivity contribution is 5.89. The van der Waals surface area contributed by atoms with Crippen LogP contribution in [0.25, 0.3) is 0 Å². The van der Waals surface area contributed by atoms with Gasteiger partial charge in [-0.1, -0.05) is 60.7 Å². The molecule has 0 unspecified atom stereocenters. The molecular formula is C25H32N4O5. The summed E-state index contributed by atoms with van der Waals surface area (Å²) in [4.78, 5) is 42.6. The van der Waals surface area contributed by atoms with E-state index < -0.39 is 24.1 Å². The first kappa shape index (κ1) is 25.2. The molecule has 1 aliphatic rings. The van der Waals surface area contributed by atoms with Gasteiger partial charge in [-0.15, -0.1) is 0 Å². The SMILES string of the molecule is N[C@@H](CCCNC(=O)OCc1ccccc1)C(=O)N[C@H]1CCCN(OCc2ccccc2)C1=O. The van der Waals surface area contributed by atoms with Gasteiger partial charge in [-0.3, -0.25) is 14.4 Å². The highest BCUT2D eigenvalue weighted by atomic mass is 16.7. The van der Waals surface area contributed by atoms with Gasteiger partial charge < -0.3 is 21.1 Å². The summed E-state index contributed by atoms with van der Waals surface area (Å²) in [5.74, 6) is -0.666. The van der Waals surface area contributed by atoms with Crippen molar-refractivity contribution in [1.29, 1.82) is 0 Å². The van der Waals surface area contributed by atoms with Gasteiger partial charge in [-0.25, -0.2) is 9.86 Å². The molecule has 1 fully saturated rings. The van der Waals surface area contributed by atoms with Crippen LogP contribution in [0.5, 0.6) is 0 Å². The highest BCUT2D eigenvalue weighted by Crippen LogP contribution is 2.14. The van der Waals surface area contributed by atoms with Crippen molar-refractivity contribution < 1.29 is 24.0 Å². The molecule has 34 heavy (non-hydrogen) atoms. The van der Waals surface area contributed by atoms with Gasteiger partial charge in [-0.2, -0.15) is 0 Å². The summed E-state index contributed by atoms with van der Waals surface area (Å²) in [6.45, 7) is 1.29. The van der Waals surface area contributed by atoms with Crippen LogP contribution in [0, 0.1) is 0 Å². The van der Waals surface area contributed by atoms with E-state index in [1.165, 1.54) is 5.06 Å². The minimum atomic E-state index is -0.782. The van der Waals surface area contributed by atoms with Crippen LogP contribution >= 0.6 is 0 Å². The molecule has 9 nitrogen and oxygen atoms in total. The van der Waals surface area contributed by atoms with E-state index in [1.54, 1.807) is 0 Å². The topological polar surface area (TPSA) is 123 Å². The number of carbonyl (C=O) groups is 3. The van der Waals surface area contributed by atoms with Gasteiger partial charge in [0.2, 0.25) is 5.91 Å². The average Bonchev–Trinajstić information content (AvgIpc) is 2.87. The Morgan fingerprint density at radius 3 is 2.35 bits per heavy atom. The van der Waals surface area contributed by atoms with Crippen molar-refractivity contribution in [3.05, 3.63) is 71.8 Å². The van der Waals surface area contributed by atoms with Crippen LogP contribution in [0.3, 0.4) is 0 Å². The molecule has 182 valence electrons. The summed E-state index contributed by atoms with van der Waals surface area (Å²) in [7, 11) is 0. The molecule has 2 aromatic carbocycles. The van der Waals surface area contributed by atoms with E-state index in [2.05, 4.69) is 10.6 Å². The van der Waals surface area contributed by atoms with Crippen LogP contribution in [0.2, 0.25) is 0 Å². The fourth-order valence-electron chi connectivity index (χ4n) is 3.53. The summed E-state index contributed by atoms with van der Waals surface area (Å²) in [5.41, 5.74) is 7.85. The molecule has 3 amide bonds. The molecular weight excluding hydrogens is 436 g/mol. The fourth-order valence-corrected chi connectivity index (χ4v) is 3.53. The molecule has 0 spiro atoms. The molecule has 0 aromatic heterocycles. The zero-order valence-corrected chi connectivity index (χ0v) is 19.2. The first-order chi connectivity index (χ1) is 16.5. The Balaban J connectivity index is 1.32. The Labute approximate surface area is 199 Å². The van der Waals surface area contributed by atoms with Crippen LogP contribution in [0.4, 0.5) is 4.79 Å². The van der Waals surface area contributed by atoms with E-state index in [4.69, 9.17) is 15.3 Å². The van der Waals surface area contributed by atoms with Gasteiger partial charge >= 0.3 is 6.09 Å². The van der Waals surface area contributed by atoms with E-state index >= 15 is 0 Å². The van der Waals surface area contributed by atoms with Crippen molar-refractivity contribution in [3.8, 4) is 0 Å². The maximum atomic E-state index is 12.7. The number of rotatable bonds is 11. The number of hydrogen-bond donors (Lipinski definition) is 3. The second-order valence-electron chi connectivity index (χ2n) is 8.14. The molecule has 3 rings (SSSR count). The minimum absolute atomic E-state index is 0.191. The number of alkyl carbamates (subject to hydrolysis) is 1. The van der Waals surface area contributed by atoms with Crippen LogP contribution in [-0.4, -0.2) is 48.1 Å². The number of ether oxygens (including phenoxy) is 1. The quantitative estimate of drug-likeness (QED) is 0.435. The van der Waals surface area contributed by atoms with Crippen molar-refractivity contribution in [3.63, 3.8) is 0 Å². The largest absolute Gasteiger partial charge is 0.445 e. The highest BCUT2D eigenvalue weighted by Gasteiger charge is 2.31. The smallest absolute Gasteiger partial charge is 0.407 e. The Bertz CT molecular complexity index is 925. The molecule has 1 saturated heterocycles. The summed E-state index contributed by atoms with van der Waals surface area (Å²) in [5, 5.41) is 6.70. The molecule has 0 radical (unpaired) electrons. The van der Waals surface area contributed by atoms with Crippen LogP contribution in [-0.2, 0) is 32.4 Å². The first-order valence-corrected chi connectivity index (χ1v) is 11.5. The van der Waals surface area contributed by atoms with Crippen LogP contribution in [0.1, 0.15) is 36.8 Å². The standard InChI is InChI=1S/C25H32N4O5/c26-21(13-7-15-27-25(32)33-17-19-9-3-1-4-10-19)23(30)28-22-14-8-16-29(24(22)31)34-18-20-11-5-2-6-12-20/h1-6,9-12,21-22H,7-8,13-18,26H2,(H,27,32)(H,28,30)/t21-,22-/m0/s1. The van der Waals surface area contributed by atoms with Gasteiger partial charge in [0.05, 0.1) is 6.04 Å². The molecule has 1 aliphatic heterocycles. The Morgan fingerprint density at radius 1 is 1.03 bits per heavy atom. The van der Waals surface area contributed by atoms with Crippen molar-refractivity contribution >= 4 is 17.9 Å². The lowest BCUT2D eigenvalue weighted by Crippen LogP contribution is -2.55. The van der Waals surface area contributed by atoms with Gasteiger partial charge in [0, 0.05) is 13.1 Å². The molecule has 1 heterocycles. The normalized spacial score (nSPS) is 16.6. The third-order valence-electron chi connectivity index (χ3n) is 5.46. The van der Waals surface area contributed by atoms with Crippen molar-refractivity contribution in [1.82, 2.24) is 15.7 Å². The van der Waals surface area contributed by atoms with E-state index in [9.17, 15) is 14.4 Å². The molecule has 0 aliphatic carbocycles. The van der Waals surface area contributed by atoms with Crippen molar-refractivity contribution in [2.75, 3.05) is 13.1 Å². The van der Waals surface area contributed by atoms with Crippen molar-refractivity contribution in [2.45, 2.75) is 51.0 Å². The van der Waals surface area contributed by atoms with Crippen molar-refractivity contribution in [2.24, 2.45) is 5.73 Å². The summed E-state index contributed by atoms with van der Waals surface area (Å²) >= 11 is 0. The lowest BCUT2D eigenvalue weighted by Gasteiger charge is -2.32. The summed E-state index contributed by atoms with van der Waals surface area (Å²) in [6, 6.07) is 17.5. The zero-order valence-electron chi connectivity index (χ0n) is 19.2. The van der Waals surface area contributed by atoms with Crippen LogP contribution < -0.4 is 16.4 Å². The second-order valence-corrected chi connectivity index (χ2v) is 8.14. The maximum absolute atomic E-state index is 12.7. The van der Waals surface area contributed by atoms with E-state index in [0.717, 1.165) is 17.5 Å². The van der Waals surface area contributed by atoms with Gasteiger partial charge in [0.15, 0.2) is 0 Å². The third-order valence-corrected chi connectivity index (χ3v) is 5.46. The Kier molecular flexibility index (Phi) is 9.87. The van der Waals surface area contributed by atoms with E-state index in [-0.39, 0.29) is 19.1 Å². The summed E-state index contributed by atoms with van der Waals surface area (Å²) < 4.78 is 5.14. The number of piperidine rings is 1. The van der Waals surface area contributed by atoms with E-state index in [1.807, 2.05) is 60.7 Å². The molecule has 2 aromatic rings. The number of hydroxylamine groups is 2.